The van der Waals surface area contributed by atoms with Gasteiger partial charge in [0, 0.05) is 31.7 Å². The number of benzene rings is 3. The zero-order chi connectivity index (χ0) is 20.1. The van der Waals surface area contributed by atoms with Crippen molar-refractivity contribution in [2.75, 3.05) is 19.8 Å². The van der Waals surface area contributed by atoms with Crippen molar-refractivity contribution >= 4 is 0 Å². The van der Waals surface area contributed by atoms with Crippen molar-refractivity contribution in [2.45, 2.75) is 31.7 Å². The highest BCUT2D eigenvalue weighted by atomic mass is 19.1. The average Bonchev–Trinajstić information content (AvgIpc) is 2.75. The average molecular weight is 390 g/mol. The van der Waals surface area contributed by atoms with E-state index in [1.807, 2.05) is 12.1 Å². The van der Waals surface area contributed by atoms with Gasteiger partial charge >= 0.3 is 0 Å². The van der Waals surface area contributed by atoms with E-state index in [2.05, 4.69) is 60.8 Å². The SMILES string of the molecule is Cc1ccccc1-c1ccc(CNCC2(c3cccc(F)c3)CCOCC2)cc1. The Balaban J connectivity index is 1.43. The van der Waals surface area contributed by atoms with Crippen LogP contribution in [-0.4, -0.2) is 19.8 Å². The van der Waals surface area contributed by atoms with Gasteiger partial charge in [0.05, 0.1) is 0 Å². The van der Waals surface area contributed by atoms with E-state index in [0.29, 0.717) is 0 Å². The fourth-order valence-corrected chi connectivity index (χ4v) is 4.29. The molecule has 0 saturated carbocycles. The number of ether oxygens (including phenoxy) is 1. The second-order valence-corrected chi connectivity index (χ2v) is 8.02. The molecule has 3 aromatic rings. The molecule has 0 aromatic heterocycles. The van der Waals surface area contributed by atoms with Gasteiger partial charge in [0.2, 0.25) is 0 Å². The monoisotopic (exact) mass is 389 g/mol. The van der Waals surface area contributed by atoms with Crippen LogP contribution in [0.25, 0.3) is 11.1 Å². The summed E-state index contributed by atoms with van der Waals surface area (Å²) in [5.41, 5.74) is 6.07. The third kappa shape index (κ3) is 4.58. The lowest BCUT2D eigenvalue weighted by Crippen LogP contribution is -2.42. The molecular weight excluding hydrogens is 361 g/mol. The van der Waals surface area contributed by atoms with Gasteiger partial charge in [0.15, 0.2) is 0 Å². The minimum absolute atomic E-state index is 0.0680. The summed E-state index contributed by atoms with van der Waals surface area (Å²) >= 11 is 0. The maximum atomic E-state index is 13.8. The Bertz CT molecular complexity index is 945. The number of halogens is 1. The van der Waals surface area contributed by atoms with Gasteiger partial charge in [0.1, 0.15) is 5.82 Å². The van der Waals surface area contributed by atoms with Crippen molar-refractivity contribution in [3.05, 3.63) is 95.3 Å². The molecule has 2 nitrogen and oxygen atoms in total. The normalized spacial score (nSPS) is 15.9. The molecule has 0 amide bonds. The van der Waals surface area contributed by atoms with E-state index in [1.54, 1.807) is 6.07 Å². The Morgan fingerprint density at radius 1 is 0.931 bits per heavy atom. The highest BCUT2D eigenvalue weighted by Crippen LogP contribution is 2.34. The maximum Gasteiger partial charge on any atom is 0.123 e. The third-order valence-electron chi connectivity index (χ3n) is 6.09. The number of aryl methyl sites for hydroxylation is 1. The second kappa shape index (κ2) is 8.89. The first-order valence-corrected chi connectivity index (χ1v) is 10.4. The minimum Gasteiger partial charge on any atom is -0.381 e. The Morgan fingerprint density at radius 3 is 2.41 bits per heavy atom. The van der Waals surface area contributed by atoms with E-state index in [-0.39, 0.29) is 11.2 Å². The molecule has 4 rings (SSSR count). The lowest BCUT2D eigenvalue weighted by Gasteiger charge is -2.38. The number of rotatable bonds is 6. The molecule has 1 aliphatic rings. The molecule has 3 aromatic carbocycles. The molecule has 29 heavy (non-hydrogen) atoms. The van der Waals surface area contributed by atoms with Gasteiger partial charge < -0.3 is 10.1 Å². The van der Waals surface area contributed by atoms with E-state index >= 15 is 0 Å². The van der Waals surface area contributed by atoms with Crippen LogP contribution in [-0.2, 0) is 16.7 Å². The first kappa shape index (κ1) is 19.8. The van der Waals surface area contributed by atoms with Gasteiger partial charge in [-0.3, -0.25) is 0 Å². The lowest BCUT2D eigenvalue weighted by molar-refractivity contribution is 0.0497. The van der Waals surface area contributed by atoms with Gasteiger partial charge in [-0.1, -0.05) is 60.7 Å². The molecule has 0 unspecified atom stereocenters. The number of hydrogen-bond acceptors (Lipinski definition) is 2. The van der Waals surface area contributed by atoms with E-state index < -0.39 is 0 Å². The molecule has 0 bridgehead atoms. The predicted molar refractivity (Wildman–Crippen MR) is 116 cm³/mol. The molecule has 3 heteroatoms. The van der Waals surface area contributed by atoms with Crippen molar-refractivity contribution in [2.24, 2.45) is 0 Å². The van der Waals surface area contributed by atoms with Crippen LogP contribution in [0.4, 0.5) is 4.39 Å². The fraction of sp³-hybridized carbons (Fsp3) is 0.308. The van der Waals surface area contributed by atoms with Crippen molar-refractivity contribution in [1.29, 1.82) is 0 Å². The Morgan fingerprint density at radius 2 is 1.69 bits per heavy atom. The Kier molecular flexibility index (Phi) is 6.08. The Hall–Kier alpha value is -2.49. The molecule has 1 heterocycles. The smallest absolute Gasteiger partial charge is 0.123 e. The van der Waals surface area contributed by atoms with Crippen molar-refractivity contribution in [1.82, 2.24) is 5.32 Å². The fourth-order valence-electron chi connectivity index (χ4n) is 4.29. The van der Waals surface area contributed by atoms with E-state index in [0.717, 1.165) is 44.7 Å². The zero-order valence-corrected chi connectivity index (χ0v) is 17.0. The van der Waals surface area contributed by atoms with Crippen LogP contribution in [0.3, 0.4) is 0 Å². The molecular formula is C26H28FNO. The van der Waals surface area contributed by atoms with Crippen molar-refractivity contribution in [3.8, 4) is 11.1 Å². The molecule has 0 radical (unpaired) electrons. The zero-order valence-electron chi connectivity index (χ0n) is 17.0. The van der Waals surface area contributed by atoms with Crippen molar-refractivity contribution < 1.29 is 9.13 Å². The molecule has 1 fully saturated rings. The van der Waals surface area contributed by atoms with Crippen LogP contribution in [0, 0.1) is 12.7 Å². The van der Waals surface area contributed by atoms with Gasteiger partial charge in [-0.25, -0.2) is 4.39 Å². The summed E-state index contributed by atoms with van der Waals surface area (Å²) in [5, 5.41) is 3.62. The van der Waals surface area contributed by atoms with Gasteiger partial charge in [-0.05, 0) is 59.7 Å². The summed E-state index contributed by atoms with van der Waals surface area (Å²) in [6.07, 6.45) is 1.82. The van der Waals surface area contributed by atoms with Crippen LogP contribution in [0.1, 0.15) is 29.5 Å². The van der Waals surface area contributed by atoms with Gasteiger partial charge in [0.25, 0.3) is 0 Å². The third-order valence-corrected chi connectivity index (χ3v) is 6.09. The van der Waals surface area contributed by atoms with E-state index in [1.165, 1.54) is 28.3 Å². The molecule has 150 valence electrons. The summed E-state index contributed by atoms with van der Waals surface area (Å²) in [5.74, 6) is -0.167. The molecule has 0 aliphatic carbocycles. The number of hydrogen-bond donors (Lipinski definition) is 1. The van der Waals surface area contributed by atoms with Crippen LogP contribution >= 0.6 is 0 Å². The molecule has 0 atom stereocenters. The molecule has 0 spiro atoms. The second-order valence-electron chi connectivity index (χ2n) is 8.02. The molecule has 1 N–H and O–H groups in total. The summed E-state index contributed by atoms with van der Waals surface area (Å²) in [6.45, 7) is 5.21. The summed E-state index contributed by atoms with van der Waals surface area (Å²) in [7, 11) is 0. The quantitative estimate of drug-likeness (QED) is 0.589. The van der Waals surface area contributed by atoms with E-state index in [9.17, 15) is 4.39 Å². The summed E-state index contributed by atoms with van der Waals surface area (Å²) in [6, 6.07) is 24.3. The first-order chi connectivity index (χ1) is 14.2. The first-order valence-electron chi connectivity index (χ1n) is 10.4. The van der Waals surface area contributed by atoms with Crippen LogP contribution in [0.15, 0.2) is 72.8 Å². The topological polar surface area (TPSA) is 21.3 Å². The molecule has 1 aliphatic heterocycles. The summed E-state index contributed by atoms with van der Waals surface area (Å²) < 4.78 is 19.4. The van der Waals surface area contributed by atoms with Gasteiger partial charge in [-0.15, -0.1) is 0 Å². The largest absolute Gasteiger partial charge is 0.381 e. The highest BCUT2D eigenvalue weighted by Gasteiger charge is 2.34. The maximum absolute atomic E-state index is 13.8. The number of nitrogens with one attached hydrogen (secondary N) is 1. The van der Waals surface area contributed by atoms with Crippen LogP contribution in [0.5, 0.6) is 0 Å². The Labute approximate surface area is 172 Å². The summed E-state index contributed by atoms with van der Waals surface area (Å²) in [4.78, 5) is 0. The van der Waals surface area contributed by atoms with E-state index in [4.69, 9.17) is 4.74 Å². The van der Waals surface area contributed by atoms with Gasteiger partial charge in [-0.2, -0.15) is 0 Å². The molecule has 1 saturated heterocycles. The highest BCUT2D eigenvalue weighted by molar-refractivity contribution is 5.67. The lowest BCUT2D eigenvalue weighted by atomic mass is 9.74. The van der Waals surface area contributed by atoms with Crippen LogP contribution < -0.4 is 5.32 Å². The minimum atomic E-state index is -0.167. The van der Waals surface area contributed by atoms with Crippen molar-refractivity contribution in [3.63, 3.8) is 0 Å². The van der Waals surface area contributed by atoms with Crippen LogP contribution in [0.2, 0.25) is 0 Å². The standard InChI is InChI=1S/C26H28FNO/c1-20-5-2-3-8-25(20)22-11-9-21(10-12-22)18-28-19-26(13-15-29-16-14-26)23-6-4-7-24(27)17-23/h2-12,17,28H,13-16,18-19H2,1H3. The predicted octanol–water partition coefficient (Wildman–Crippen LogP) is 5.64.